The molecular formula is C22H17BrN2O3. The lowest BCUT2D eigenvalue weighted by Gasteiger charge is -2.17. The summed E-state index contributed by atoms with van der Waals surface area (Å²) in [5.41, 5.74) is 3.19. The second kappa shape index (κ2) is 7.13. The molecule has 28 heavy (non-hydrogen) atoms. The van der Waals surface area contributed by atoms with Crippen LogP contribution in [0, 0.1) is 6.92 Å². The molecule has 1 aliphatic rings. The molecule has 0 spiro atoms. The second-order valence-corrected chi connectivity index (χ2v) is 7.42. The quantitative estimate of drug-likeness (QED) is 0.585. The van der Waals surface area contributed by atoms with Gasteiger partial charge >= 0.3 is 0 Å². The summed E-state index contributed by atoms with van der Waals surface area (Å²) < 4.78 is 6.90. The van der Waals surface area contributed by atoms with Gasteiger partial charge in [-0.25, -0.2) is 0 Å². The molecule has 6 heteroatoms. The van der Waals surface area contributed by atoms with Crippen molar-refractivity contribution in [1.82, 2.24) is 0 Å². The van der Waals surface area contributed by atoms with Crippen molar-refractivity contribution < 1.29 is 14.3 Å². The first-order chi connectivity index (χ1) is 13.4. The maximum absolute atomic E-state index is 12.8. The Balaban J connectivity index is 1.66. The summed E-state index contributed by atoms with van der Waals surface area (Å²) in [4.78, 5) is 27.0. The Kier molecular flexibility index (Phi) is 4.65. The predicted octanol–water partition coefficient (Wildman–Crippen LogP) is 5.39. The minimum atomic E-state index is -0.257. The third-order valence-corrected chi connectivity index (χ3v) is 5.53. The first-order valence-corrected chi connectivity index (χ1v) is 9.50. The van der Waals surface area contributed by atoms with E-state index in [1.54, 1.807) is 43.4 Å². The van der Waals surface area contributed by atoms with Crippen LogP contribution in [0.2, 0.25) is 0 Å². The van der Waals surface area contributed by atoms with E-state index in [4.69, 9.17) is 4.74 Å². The lowest BCUT2D eigenvalue weighted by atomic mass is 10.1. The average molecular weight is 437 g/mol. The van der Waals surface area contributed by atoms with Crippen molar-refractivity contribution >= 4 is 39.1 Å². The number of hydrogen-bond donors (Lipinski definition) is 1. The van der Waals surface area contributed by atoms with Crippen LogP contribution < -0.4 is 15.0 Å². The average Bonchev–Trinajstić information content (AvgIpc) is 2.80. The number of para-hydroxylation sites is 1. The smallest absolute Gasteiger partial charge is 0.261 e. The molecule has 0 aromatic heterocycles. The molecule has 2 amide bonds. The van der Waals surface area contributed by atoms with Crippen molar-refractivity contribution in [2.75, 3.05) is 17.3 Å². The van der Waals surface area contributed by atoms with Gasteiger partial charge in [-0.3, -0.25) is 9.59 Å². The van der Waals surface area contributed by atoms with Gasteiger partial charge in [0.25, 0.3) is 11.8 Å². The Bertz CT molecular complexity index is 1110. The molecule has 0 atom stereocenters. The highest BCUT2D eigenvalue weighted by molar-refractivity contribution is 9.10. The number of halogens is 1. The predicted molar refractivity (Wildman–Crippen MR) is 113 cm³/mol. The minimum Gasteiger partial charge on any atom is -0.454 e. The van der Waals surface area contributed by atoms with E-state index in [-0.39, 0.29) is 11.8 Å². The van der Waals surface area contributed by atoms with E-state index < -0.39 is 0 Å². The molecule has 0 radical (unpaired) electrons. The number of ether oxygens (including phenoxy) is 1. The summed E-state index contributed by atoms with van der Waals surface area (Å²) in [6.45, 7) is 1.96. The van der Waals surface area contributed by atoms with Gasteiger partial charge in [-0.05, 0) is 61.0 Å². The molecule has 3 aromatic carbocycles. The van der Waals surface area contributed by atoms with Crippen LogP contribution in [0.1, 0.15) is 26.3 Å². The number of benzene rings is 3. The van der Waals surface area contributed by atoms with E-state index in [0.717, 1.165) is 10.0 Å². The zero-order valence-electron chi connectivity index (χ0n) is 15.3. The van der Waals surface area contributed by atoms with Gasteiger partial charge in [0.1, 0.15) is 5.75 Å². The molecule has 3 aromatic rings. The number of carbonyl (C=O) groups excluding carboxylic acids is 2. The summed E-state index contributed by atoms with van der Waals surface area (Å²) in [7, 11) is 1.67. The number of nitrogens with one attached hydrogen (secondary N) is 1. The van der Waals surface area contributed by atoms with Gasteiger partial charge in [0.05, 0.1) is 11.3 Å². The van der Waals surface area contributed by atoms with Gasteiger partial charge in [0.15, 0.2) is 5.75 Å². The lowest BCUT2D eigenvalue weighted by molar-refractivity contribution is 0.0990. The van der Waals surface area contributed by atoms with Gasteiger partial charge in [-0.2, -0.15) is 0 Å². The fraction of sp³-hybridized carbons (Fsp3) is 0.0909. The third kappa shape index (κ3) is 3.27. The molecule has 1 aliphatic heterocycles. The molecule has 1 N–H and O–H groups in total. The zero-order valence-corrected chi connectivity index (χ0v) is 16.9. The van der Waals surface area contributed by atoms with E-state index in [9.17, 15) is 9.59 Å². The molecule has 0 bridgehead atoms. The van der Waals surface area contributed by atoms with Gasteiger partial charge < -0.3 is 15.0 Å². The first-order valence-electron chi connectivity index (χ1n) is 8.70. The van der Waals surface area contributed by atoms with Crippen LogP contribution in [-0.4, -0.2) is 18.9 Å². The van der Waals surface area contributed by atoms with Crippen LogP contribution in [0.15, 0.2) is 65.1 Å². The summed E-state index contributed by atoms with van der Waals surface area (Å²) in [6.07, 6.45) is 0. The highest BCUT2D eigenvalue weighted by Crippen LogP contribution is 2.38. The molecule has 140 valence electrons. The largest absolute Gasteiger partial charge is 0.454 e. The van der Waals surface area contributed by atoms with Crippen molar-refractivity contribution in [2.45, 2.75) is 6.92 Å². The van der Waals surface area contributed by atoms with Gasteiger partial charge in [-0.1, -0.05) is 28.1 Å². The topological polar surface area (TPSA) is 58.6 Å². The van der Waals surface area contributed by atoms with Crippen LogP contribution >= 0.6 is 15.9 Å². The number of hydrogen-bond acceptors (Lipinski definition) is 3. The maximum atomic E-state index is 12.8. The minimum absolute atomic E-state index is 0.185. The van der Waals surface area contributed by atoms with Gasteiger partial charge in [0, 0.05) is 22.8 Å². The molecule has 0 unspecified atom stereocenters. The summed E-state index contributed by atoms with van der Waals surface area (Å²) in [5.74, 6) is 0.583. The Morgan fingerprint density at radius 3 is 2.61 bits per heavy atom. The molecule has 0 saturated carbocycles. The molecule has 1 heterocycles. The Hall–Kier alpha value is -3.12. The Morgan fingerprint density at radius 1 is 1.04 bits per heavy atom. The zero-order chi connectivity index (χ0) is 19.8. The molecule has 0 aliphatic carbocycles. The maximum Gasteiger partial charge on any atom is 0.261 e. The summed E-state index contributed by atoms with van der Waals surface area (Å²) in [5, 5.41) is 2.89. The van der Waals surface area contributed by atoms with Crippen molar-refractivity contribution in [3.8, 4) is 11.5 Å². The van der Waals surface area contributed by atoms with E-state index in [1.165, 1.54) is 4.90 Å². The number of rotatable bonds is 2. The molecular weight excluding hydrogens is 420 g/mol. The van der Waals surface area contributed by atoms with E-state index in [1.807, 2.05) is 31.2 Å². The number of carbonyl (C=O) groups is 2. The normalized spacial score (nSPS) is 12.5. The van der Waals surface area contributed by atoms with E-state index >= 15 is 0 Å². The second-order valence-electron chi connectivity index (χ2n) is 6.56. The van der Waals surface area contributed by atoms with Crippen LogP contribution in [0.5, 0.6) is 11.5 Å². The number of amides is 2. The van der Waals surface area contributed by atoms with Gasteiger partial charge in [-0.15, -0.1) is 0 Å². The van der Waals surface area contributed by atoms with E-state index in [2.05, 4.69) is 21.2 Å². The number of anilines is 2. The fourth-order valence-corrected chi connectivity index (χ4v) is 3.32. The standard InChI is InChI=1S/C22H17BrN2O3/c1-13-11-15(8-9-17(13)23)24-21(26)14-7-10-20-18(12-14)25(2)22(27)16-5-3-4-6-19(16)28-20/h3-12H,1-2H3,(H,24,26). The Morgan fingerprint density at radius 2 is 1.82 bits per heavy atom. The van der Waals surface area contributed by atoms with Crippen LogP contribution in [0.3, 0.4) is 0 Å². The number of aryl methyl sites for hydroxylation is 1. The highest BCUT2D eigenvalue weighted by atomic mass is 79.9. The lowest BCUT2D eigenvalue weighted by Crippen LogP contribution is -2.25. The highest BCUT2D eigenvalue weighted by Gasteiger charge is 2.26. The Labute approximate surface area is 171 Å². The summed E-state index contributed by atoms with van der Waals surface area (Å²) >= 11 is 3.45. The molecule has 5 nitrogen and oxygen atoms in total. The van der Waals surface area contributed by atoms with Crippen molar-refractivity contribution in [2.24, 2.45) is 0 Å². The first kappa shape index (κ1) is 18.3. The van der Waals surface area contributed by atoms with Crippen molar-refractivity contribution in [1.29, 1.82) is 0 Å². The van der Waals surface area contributed by atoms with Crippen LogP contribution in [0.4, 0.5) is 11.4 Å². The van der Waals surface area contributed by atoms with Crippen molar-refractivity contribution in [3.63, 3.8) is 0 Å². The van der Waals surface area contributed by atoms with E-state index in [0.29, 0.717) is 34.0 Å². The molecule has 4 rings (SSSR count). The van der Waals surface area contributed by atoms with Crippen molar-refractivity contribution in [3.05, 3.63) is 81.8 Å². The van der Waals surface area contributed by atoms with Crippen LogP contribution in [0.25, 0.3) is 0 Å². The van der Waals surface area contributed by atoms with Gasteiger partial charge in [0.2, 0.25) is 0 Å². The third-order valence-electron chi connectivity index (χ3n) is 4.64. The number of nitrogens with zero attached hydrogens (tertiary/aromatic N) is 1. The fourth-order valence-electron chi connectivity index (χ4n) is 3.07. The van der Waals surface area contributed by atoms with Crippen LogP contribution in [-0.2, 0) is 0 Å². The summed E-state index contributed by atoms with van der Waals surface area (Å²) in [6, 6.07) is 17.8. The molecule has 0 fully saturated rings. The SMILES string of the molecule is Cc1cc(NC(=O)c2ccc3c(c2)N(C)C(=O)c2ccccc2O3)ccc1Br. The number of fused-ring (bicyclic) bond motifs is 2. The molecule has 0 saturated heterocycles. The monoisotopic (exact) mass is 436 g/mol.